The van der Waals surface area contributed by atoms with Crippen LogP contribution in [0.5, 0.6) is 0 Å². The van der Waals surface area contributed by atoms with Gasteiger partial charge in [-0.2, -0.15) is 0 Å². The van der Waals surface area contributed by atoms with Crippen molar-refractivity contribution in [3.8, 4) is 0 Å². The summed E-state index contributed by atoms with van der Waals surface area (Å²) in [7, 11) is 0. The molecule has 0 radical (unpaired) electrons. The summed E-state index contributed by atoms with van der Waals surface area (Å²) < 4.78 is 0. The highest BCUT2D eigenvalue weighted by Gasteiger charge is 2.20. The van der Waals surface area contributed by atoms with Crippen LogP contribution in [0.4, 0.5) is 0 Å². The molecule has 1 N–H and O–H groups in total. The smallest absolute Gasteiger partial charge is 0.330 e. The number of carbonyl (C=O) groups is 1. The average Bonchev–Trinajstić information content (AvgIpc) is 1.85. The Balaban J connectivity index is 4.80. The van der Waals surface area contributed by atoms with E-state index in [1.165, 1.54) is 13.8 Å². The number of allylic oxidation sites excluding steroid dienone is 2. The number of nitrogens with one attached hydrogen (secondary N) is 1. The third kappa shape index (κ3) is 2.69. The maximum Gasteiger partial charge on any atom is 0.330 e. The molecule has 0 saturated heterocycles. The number of nitro groups is 1. The van der Waals surface area contributed by atoms with E-state index in [1.54, 1.807) is 6.92 Å². The first-order valence-corrected chi connectivity index (χ1v) is 3.60. The number of carbonyl (C=O) groups excluding carboxylic acids is 1. The molecule has 0 unspecified atom stereocenters. The Hall–Kier alpha value is -1.39. The Morgan fingerprint density at radius 2 is 2.00 bits per heavy atom. The number of hydrogen-bond acceptors (Lipinski definition) is 4. The van der Waals surface area contributed by atoms with Crippen LogP contribution in [0.1, 0.15) is 20.8 Å². The zero-order valence-corrected chi connectivity index (χ0v) is 7.38. The SMILES string of the molecule is CCN/C(C)=C(/C(C)=O)[N+](=O)[O-]. The van der Waals surface area contributed by atoms with Crippen molar-refractivity contribution < 1.29 is 9.72 Å². The number of Topliss-reactive ketones (excluding diaryl/α,β-unsaturated/α-hetero) is 1. The predicted molar refractivity (Wildman–Crippen MR) is 44.1 cm³/mol. The van der Waals surface area contributed by atoms with Crippen LogP contribution < -0.4 is 5.32 Å². The number of rotatable bonds is 4. The van der Waals surface area contributed by atoms with E-state index in [1.807, 2.05) is 0 Å². The molecule has 0 aliphatic carbocycles. The quantitative estimate of drug-likeness (QED) is 0.384. The van der Waals surface area contributed by atoms with Crippen LogP contribution >= 0.6 is 0 Å². The van der Waals surface area contributed by atoms with Gasteiger partial charge in [-0.15, -0.1) is 0 Å². The van der Waals surface area contributed by atoms with Gasteiger partial charge in [0.05, 0.1) is 10.6 Å². The van der Waals surface area contributed by atoms with Crippen molar-refractivity contribution in [3.05, 3.63) is 21.5 Å². The van der Waals surface area contributed by atoms with E-state index in [-0.39, 0.29) is 5.70 Å². The maximum absolute atomic E-state index is 10.8. The largest absolute Gasteiger partial charge is 0.383 e. The Kier molecular flexibility index (Phi) is 3.96. The van der Waals surface area contributed by atoms with Crippen molar-refractivity contribution in [1.29, 1.82) is 0 Å². The van der Waals surface area contributed by atoms with Crippen LogP contribution in [0, 0.1) is 10.1 Å². The van der Waals surface area contributed by atoms with E-state index in [9.17, 15) is 14.9 Å². The summed E-state index contributed by atoms with van der Waals surface area (Å²) in [5.41, 5.74) is -0.0492. The molecule has 68 valence electrons. The van der Waals surface area contributed by atoms with Crippen LogP contribution in [-0.4, -0.2) is 17.3 Å². The third-order valence-corrected chi connectivity index (χ3v) is 1.31. The van der Waals surface area contributed by atoms with E-state index < -0.39 is 10.7 Å². The van der Waals surface area contributed by atoms with Gasteiger partial charge in [0, 0.05) is 13.5 Å². The first kappa shape index (κ1) is 10.6. The van der Waals surface area contributed by atoms with Gasteiger partial charge >= 0.3 is 5.70 Å². The Labute approximate surface area is 70.6 Å². The lowest BCUT2D eigenvalue weighted by Gasteiger charge is -2.02. The molecule has 5 heteroatoms. The third-order valence-electron chi connectivity index (χ3n) is 1.31. The van der Waals surface area contributed by atoms with Gasteiger partial charge < -0.3 is 5.32 Å². The normalized spacial score (nSPS) is 11.9. The molecule has 0 heterocycles. The van der Waals surface area contributed by atoms with Crippen molar-refractivity contribution in [2.45, 2.75) is 20.8 Å². The highest BCUT2D eigenvalue weighted by Crippen LogP contribution is 2.02. The molecular weight excluding hydrogens is 160 g/mol. The fourth-order valence-corrected chi connectivity index (χ4v) is 0.878. The number of hydrogen-bond donors (Lipinski definition) is 1. The van der Waals surface area contributed by atoms with Crippen molar-refractivity contribution in [2.75, 3.05) is 6.54 Å². The van der Waals surface area contributed by atoms with Gasteiger partial charge in [-0.25, -0.2) is 0 Å². The monoisotopic (exact) mass is 172 g/mol. The summed E-state index contributed by atoms with van der Waals surface area (Å²) in [6.07, 6.45) is 0. The molecule has 0 amide bonds. The summed E-state index contributed by atoms with van der Waals surface area (Å²) in [6.45, 7) is 5.07. The molecule has 0 rings (SSSR count). The van der Waals surface area contributed by atoms with Gasteiger partial charge in [-0.1, -0.05) is 0 Å². The van der Waals surface area contributed by atoms with Gasteiger partial charge in [0.1, 0.15) is 0 Å². The van der Waals surface area contributed by atoms with Crippen molar-refractivity contribution in [1.82, 2.24) is 5.32 Å². The summed E-state index contributed by atoms with van der Waals surface area (Å²) >= 11 is 0. The Bertz CT molecular complexity index is 217. The molecule has 0 aromatic rings. The van der Waals surface area contributed by atoms with Crippen molar-refractivity contribution in [3.63, 3.8) is 0 Å². The molecule has 0 saturated carbocycles. The maximum atomic E-state index is 10.8. The zero-order valence-electron chi connectivity index (χ0n) is 7.38. The lowest BCUT2D eigenvalue weighted by Crippen LogP contribution is -2.19. The van der Waals surface area contributed by atoms with Crippen LogP contribution in [0.2, 0.25) is 0 Å². The molecule has 5 nitrogen and oxygen atoms in total. The number of ketones is 1. The molecule has 0 aliphatic rings. The van der Waals surface area contributed by atoms with E-state index in [0.717, 1.165) is 0 Å². The molecule has 0 spiro atoms. The first-order valence-electron chi connectivity index (χ1n) is 3.60. The Morgan fingerprint density at radius 3 is 2.25 bits per heavy atom. The van der Waals surface area contributed by atoms with Crippen molar-refractivity contribution in [2.24, 2.45) is 0 Å². The van der Waals surface area contributed by atoms with Crippen molar-refractivity contribution >= 4 is 5.78 Å². The zero-order chi connectivity index (χ0) is 9.72. The van der Waals surface area contributed by atoms with E-state index in [4.69, 9.17) is 0 Å². The lowest BCUT2D eigenvalue weighted by atomic mass is 10.2. The summed E-state index contributed by atoms with van der Waals surface area (Å²) in [6, 6.07) is 0. The second-order valence-corrected chi connectivity index (χ2v) is 2.32. The molecule has 0 atom stereocenters. The van der Waals surface area contributed by atoms with Gasteiger partial charge in [-0.05, 0) is 13.8 Å². The summed E-state index contributed by atoms with van der Waals surface area (Å²) in [5.74, 6) is -0.529. The minimum absolute atomic E-state index is 0.315. The molecule has 0 bridgehead atoms. The van der Waals surface area contributed by atoms with Gasteiger partial charge in [0.15, 0.2) is 0 Å². The van der Waals surface area contributed by atoms with Gasteiger partial charge in [0.2, 0.25) is 5.78 Å². The highest BCUT2D eigenvalue weighted by atomic mass is 16.6. The van der Waals surface area contributed by atoms with Gasteiger partial charge in [-0.3, -0.25) is 14.9 Å². The molecule has 12 heavy (non-hydrogen) atoms. The van der Waals surface area contributed by atoms with Crippen LogP contribution in [0.3, 0.4) is 0 Å². The summed E-state index contributed by atoms with van der Waals surface area (Å²) in [5, 5.41) is 13.1. The topological polar surface area (TPSA) is 72.2 Å². The van der Waals surface area contributed by atoms with E-state index in [0.29, 0.717) is 12.2 Å². The lowest BCUT2D eigenvalue weighted by molar-refractivity contribution is -0.420. The summed E-state index contributed by atoms with van der Waals surface area (Å²) in [4.78, 5) is 20.4. The minimum Gasteiger partial charge on any atom is -0.383 e. The van der Waals surface area contributed by atoms with Crippen LogP contribution in [0.15, 0.2) is 11.4 Å². The predicted octanol–water partition coefficient (Wildman–Crippen LogP) is 0.693. The fourth-order valence-electron chi connectivity index (χ4n) is 0.878. The second-order valence-electron chi connectivity index (χ2n) is 2.32. The van der Waals surface area contributed by atoms with Gasteiger partial charge in [0.25, 0.3) is 0 Å². The molecule has 0 aromatic carbocycles. The minimum atomic E-state index is -0.666. The highest BCUT2D eigenvalue weighted by molar-refractivity contribution is 5.91. The molecule has 0 aromatic heterocycles. The average molecular weight is 172 g/mol. The molecular formula is C7H12N2O3. The molecule has 0 fully saturated rings. The van der Waals surface area contributed by atoms with Crippen LogP contribution in [0.25, 0.3) is 0 Å². The Morgan fingerprint density at radius 1 is 1.50 bits per heavy atom. The standard InChI is InChI=1S/C7H12N2O3/c1-4-8-5(2)7(6(3)10)9(11)12/h8H,4H2,1-3H3/b7-5-. The van der Waals surface area contributed by atoms with E-state index >= 15 is 0 Å². The van der Waals surface area contributed by atoms with Crippen LogP contribution in [-0.2, 0) is 4.79 Å². The van der Waals surface area contributed by atoms with E-state index in [2.05, 4.69) is 5.32 Å². The second kappa shape index (κ2) is 4.48. The first-order chi connectivity index (χ1) is 5.50. The molecule has 0 aliphatic heterocycles. The number of nitrogens with zero attached hydrogens (tertiary/aromatic N) is 1. The fraction of sp³-hybridized carbons (Fsp3) is 0.571.